The first-order valence-electron chi connectivity index (χ1n) is 28.3. The average molecular weight is 1090 g/mol. The van der Waals surface area contributed by atoms with Crippen LogP contribution in [0.15, 0.2) is 29.2 Å². The molecule has 0 amide bonds. The number of methoxy groups -OCH3 is 1. The third-order valence-corrected chi connectivity index (χ3v) is 17.2. The number of carbonyl (C=O) groups excluding carboxylic acids is 1. The molecule has 438 valence electrons. The minimum Gasteiger partial charge on any atom is -0.477 e. The van der Waals surface area contributed by atoms with Crippen LogP contribution < -0.4 is 5.43 Å². The minimum absolute atomic E-state index is 0.170. The maximum Gasteiger partial charge on any atom is 0.341 e. The summed E-state index contributed by atoms with van der Waals surface area (Å²) in [5.74, 6) is -3.89. The number of hydrogen-bond donors (Lipinski definition) is 5. The molecule has 77 heavy (non-hydrogen) atoms. The van der Waals surface area contributed by atoms with Gasteiger partial charge in [-0.2, -0.15) is 0 Å². The number of benzene rings is 1. The van der Waals surface area contributed by atoms with Gasteiger partial charge in [-0.25, -0.2) is 4.79 Å². The van der Waals surface area contributed by atoms with E-state index in [0.717, 1.165) is 36.8 Å². The third kappa shape index (κ3) is 15.1. The lowest BCUT2D eigenvalue weighted by Crippen LogP contribution is -2.61. The van der Waals surface area contributed by atoms with Crippen LogP contribution in [0.25, 0.3) is 10.9 Å². The summed E-state index contributed by atoms with van der Waals surface area (Å²) >= 11 is 0. The van der Waals surface area contributed by atoms with E-state index < -0.39 is 107 Å². The van der Waals surface area contributed by atoms with Gasteiger partial charge in [0.05, 0.1) is 47.1 Å². The maximum atomic E-state index is 14.6. The number of nitrogens with zero attached hydrogens (tertiary/aromatic N) is 3. The molecule has 19 heteroatoms. The number of aromatic nitrogens is 1. The standard InChI is InChI=1S/C58H95N3O16/c1-15-45-58(10,69)50(64)37(6)60(13)31-33(2)29-56(8,68)51(77-55-48(63)44(59(11)12)27-34(3)73-55)35(4)49(36(5)54(67)75-45)76-46-30-57(9,70-14)52(38(7)74-46)72-26-17-16-24-71-25-18-19-39-20-23-43-41(28-39)47(62)42(53(65)66)32-61(43)40-21-22-40/h20,23,28,32-38,40,44-46,48-52,55,63-64,68-69H,15-19,21-22,24-27,29-31H2,1-14H3,(H,65,66)/t33-,34-,35+,36-,37-,38+,44+,45-,46+,48-,49+,50-,51-,52+,55+,56-,57-,58-/m1/s1. The fraction of sp³-hybridized carbons (Fsp3) is 0.810. The van der Waals surface area contributed by atoms with E-state index in [0.29, 0.717) is 51.0 Å². The summed E-state index contributed by atoms with van der Waals surface area (Å²) in [6, 6.07) is 5.10. The Kier molecular flexibility index (Phi) is 21.8. The zero-order chi connectivity index (χ0) is 56.9. The molecule has 1 aliphatic carbocycles. The number of aliphatic hydroxyl groups is 4. The van der Waals surface area contributed by atoms with Gasteiger partial charge < -0.3 is 77.8 Å². The number of hydrogen-bond acceptors (Lipinski definition) is 17. The Labute approximate surface area is 456 Å². The summed E-state index contributed by atoms with van der Waals surface area (Å²) in [6.45, 7) is 19.9. The van der Waals surface area contributed by atoms with Gasteiger partial charge in [0, 0.05) is 75.5 Å². The molecule has 5 N–H and O–H groups in total. The smallest absolute Gasteiger partial charge is 0.341 e. The molecule has 0 bridgehead atoms. The van der Waals surface area contributed by atoms with Gasteiger partial charge in [-0.3, -0.25) is 9.59 Å². The first-order chi connectivity index (χ1) is 36.1. The summed E-state index contributed by atoms with van der Waals surface area (Å²) in [6.07, 6.45) is -1.53. The first kappa shape index (κ1) is 63.0. The Balaban J connectivity index is 1.13. The quantitative estimate of drug-likeness (QED) is 0.0838. The topological polar surface area (TPSA) is 238 Å². The van der Waals surface area contributed by atoms with Crippen LogP contribution in [-0.2, 0) is 49.1 Å². The molecule has 3 aliphatic heterocycles. The second-order valence-corrected chi connectivity index (χ2v) is 24.1. The lowest BCUT2D eigenvalue weighted by molar-refractivity contribution is -0.320. The summed E-state index contributed by atoms with van der Waals surface area (Å²) in [5, 5.41) is 58.3. The van der Waals surface area contributed by atoms with Gasteiger partial charge in [0.2, 0.25) is 5.43 Å². The molecule has 19 nitrogen and oxygen atoms in total. The lowest BCUT2D eigenvalue weighted by Gasteiger charge is -2.49. The van der Waals surface area contributed by atoms with Gasteiger partial charge in [-0.15, -0.1) is 0 Å². The number of esters is 1. The number of ether oxygens (including phenoxy) is 8. The van der Waals surface area contributed by atoms with Gasteiger partial charge >= 0.3 is 11.9 Å². The van der Waals surface area contributed by atoms with E-state index in [1.807, 2.05) is 95.3 Å². The van der Waals surface area contributed by atoms with Crippen LogP contribution in [-0.4, -0.2) is 197 Å². The van der Waals surface area contributed by atoms with Crippen LogP contribution in [0.5, 0.6) is 0 Å². The zero-order valence-corrected chi connectivity index (χ0v) is 48.5. The molecule has 0 unspecified atom stereocenters. The van der Waals surface area contributed by atoms with Crippen molar-refractivity contribution in [2.45, 2.75) is 230 Å². The third-order valence-electron chi connectivity index (χ3n) is 17.2. The van der Waals surface area contributed by atoms with Crippen molar-refractivity contribution in [1.29, 1.82) is 0 Å². The van der Waals surface area contributed by atoms with Gasteiger partial charge in [-0.05, 0) is 151 Å². The van der Waals surface area contributed by atoms with Crippen molar-refractivity contribution in [2.24, 2.45) is 17.8 Å². The molecule has 6 rings (SSSR count). The molecule has 18 atom stereocenters. The second kappa shape index (κ2) is 26.6. The molecule has 4 fully saturated rings. The number of aryl methyl sites for hydroxylation is 1. The predicted octanol–water partition coefficient (Wildman–Crippen LogP) is 5.70. The Morgan fingerprint density at radius 2 is 1.58 bits per heavy atom. The van der Waals surface area contributed by atoms with E-state index in [4.69, 9.17) is 37.9 Å². The number of unbranched alkanes of at least 4 members (excludes halogenated alkanes) is 1. The SMILES string of the molecule is CC[C@H]1OC(=O)[C@H](C)[C@@H](O[C@H]2C[C@@](C)(OC)[C@@H](OCCCCOCCCc3ccc4c(c3)c(=O)c(C(=O)O)cn4C3CC3)[C@H](C)O2)[C@H](C)[C@@H](O[C@@H]2O[C@H](C)C[C@H](N(C)C)[C@H]2O)[C@](C)(O)C[C@@H](C)CN(C)[C@H](C)[C@@H](O)[C@]1(C)O. The summed E-state index contributed by atoms with van der Waals surface area (Å²) in [4.78, 5) is 43.4. The van der Waals surface area contributed by atoms with Crippen molar-refractivity contribution in [3.05, 3.63) is 45.7 Å². The highest BCUT2D eigenvalue weighted by molar-refractivity contribution is 5.92. The largest absolute Gasteiger partial charge is 0.477 e. The molecule has 0 radical (unpaired) electrons. The molecular weight excluding hydrogens is 995 g/mol. The van der Waals surface area contributed by atoms with Crippen molar-refractivity contribution in [2.75, 3.05) is 54.6 Å². The molecular formula is C58H95N3O16. The number of carboxylic acids is 1. The minimum atomic E-state index is -1.83. The molecule has 4 heterocycles. The highest BCUT2D eigenvalue weighted by atomic mass is 16.7. The second-order valence-electron chi connectivity index (χ2n) is 24.1. The van der Waals surface area contributed by atoms with E-state index in [2.05, 4.69) is 0 Å². The number of cyclic esters (lactones) is 1. The normalized spacial score (nSPS) is 38.3. The van der Waals surface area contributed by atoms with Crippen LogP contribution in [0.3, 0.4) is 0 Å². The number of carboxylic acid groups (broad SMARTS) is 1. The highest BCUT2D eigenvalue weighted by Crippen LogP contribution is 2.42. The zero-order valence-electron chi connectivity index (χ0n) is 48.5. The van der Waals surface area contributed by atoms with Gasteiger partial charge in [0.1, 0.15) is 35.6 Å². The van der Waals surface area contributed by atoms with Crippen LogP contribution in [0.2, 0.25) is 0 Å². The van der Waals surface area contributed by atoms with Crippen LogP contribution in [0, 0.1) is 17.8 Å². The number of fused-ring (bicyclic) bond motifs is 1. The number of rotatable bonds is 19. The van der Waals surface area contributed by atoms with Crippen LogP contribution >= 0.6 is 0 Å². The molecule has 2 aromatic rings. The van der Waals surface area contributed by atoms with Crippen molar-refractivity contribution in [1.82, 2.24) is 14.4 Å². The highest BCUT2D eigenvalue weighted by Gasteiger charge is 2.53. The van der Waals surface area contributed by atoms with Gasteiger partial charge in [-0.1, -0.05) is 26.8 Å². The fourth-order valence-electron chi connectivity index (χ4n) is 12.4. The van der Waals surface area contributed by atoms with E-state index >= 15 is 0 Å². The lowest BCUT2D eigenvalue weighted by atomic mass is 9.77. The van der Waals surface area contributed by atoms with Crippen LogP contribution in [0.1, 0.15) is 149 Å². The van der Waals surface area contributed by atoms with Crippen molar-refractivity contribution in [3.8, 4) is 0 Å². The Hall–Kier alpha value is -3.15. The van der Waals surface area contributed by atoms with E-state index in [-0.39, 0.29) is 48.9 Å². The predicted molar refractivity (Wildman–Crippen MR) is 290 cm³/mol. The first-order valence-corrected chi connectivity index (χ1v) is 28.3. The summed E-state index contributed by atoms with van der Waals surface area (Å²) in [7, 11) is 7.24. The van der Waals surface area contributed by atoms with Gasteiger partial charge in [0.15, 0.2) is 12.6 Å². The maximum absolute atomic E-state index is 14.6. The van der Waals surface area contributed by atoms with E-state index in [1.54, 1.807) is 27.9 Å². The monoisotopic (exact) mass is 1090 g/mol. The van der Waals surface area contributed by atoms with E-state index in [9.17, 15) is 39.9 Å². The Morgan fingerprint density at radius 3 is 2.22 bits per heavy atom. The molecule has 0 spiro atoms. The number of likely N-dealkylation sites (N-methyl/N-ethyl adjacent to an activating group) is 2. The van der Waals surface area contributed by atoms with Crippen molar-refractivity contribution < 1.29 is 73.0 Å². The van der Waals surface area contributed by atoms with Crippen molar-refractivity contribution >= 4 is 22.8 Å². The summed E-state index contributed by atoms with van der Waals surface area (Å²) < 4.78 is 53.6. The molecule has 4 aliphatic rings. The summed E-state index contributed by atoms with van der Waals surface area (Å²) in [5.41, 5.74) is -3.28. The number of carbonyl (C=O) groups is 2. The van der Waals surface area contributed by atoms with E-state index in [1.165, 1.54) is 13.1 Å². The van der Waals surface area contributed by atoms with Gasteiger partial charge in [0.25, 0.3) is 0 Å². The molecule has 1 aromatic heterocycles. The Morgan fingerprint density at radius 1 is 0.909 bits per heavy atom. The Bertz CT molecular complexity index is 2310. The number of pyridine rings is 1. The average Bonchev–Trinajstić information content (AvgIpc) is 4.22. The number of aromatic carboxylic acids is 1. The molecule has 1 saturated carbocycles. The molecule has 3 saturated heterocycles. The van der Waals surface area contributed by atoms with Crippen LogP contribution in [0.4, 0.5) is 0 Å². The fourth-order valence-corrected chi connectivity index (χ4v) is 12.4. The number of aliphatic hydroxyl groups excluding tert-OH is 2. The molecule has 1 aromatic carbocycles. The van der Waals surface area contributed by atoms with Crippen molar-refractivity contribution in [3.63, 3.8) is 0 Å².